The molecule has 0 unspecified atom stereocenters. The highest BCUT2D eigenvalue weighted by atomic mass is 19.4. The zero-order valence-electron chi connectivity index (χ0n) is 11.0. The minimum atomic E-state index is -4.48. The van der Waals surface area contributed by atoms with Crippen LogP contribution in [-0.2, 0) is 6.18 Å². The Kier molecular flexibility index (Phi) is 2.86. The molecule has 7 heteroatoms. The van der Waals surface area contributed by atoms with Crippen LogP contribution in [0.1, 0.15) is 11.3 Å². The standard InChI is InChI=1S/C14H11F3N4/c1-8-6-7-10-12(19-8)21(13(18)20-10)11-5-3-2-4-9(11)14(15,16)17/h2-7H,1H3,(H2,18,20). The fourth-order valence-electron chi connectivity index (χ4n) is 2.22. The monoisotopic (exact) mass is 292 g/mol. The SMILES string of the molecule is Cc1ccc2nc(N)n(-c3ccccc3C(F)(F)F)c2n1. The number of para-hydroxylation sites is 1. The van der Waals surface area contributed by atoms with E-state index >= 15 is 0 Å². The number of benzene rings is 1. The number of anilines is 1. The van der Waals surface area contributed by atoms with Crippen LogP contribution in [0.2, 0.25) is 0 Å². The molecule has 3 aromatic rings. The van der Waals surface area contributed by atoms with Gasteiger partial charge in [-0.3, -0.25) is 4.57 Å². The number of hydrogen-bond acceptors (Lipinski definition) is 3. The molecule has 2 N–H and O–H groups in total. The topological polar surface area (TPSA) is 56.7 Å². The Morgan fingerprint density at radius 2 is 1.76 bits per heavy atom. The lowest BCUT2D eigenvalue weighted by Gasteiger charge is -2.14. The number of alkyl halides is 3. The van der Waals surface area contributed by atoms with Crippen molar-refractivity contribution >= 4 is 17.1 Å². The van der Waals surface area contributed by atoms with Crippen LogP contribution >= 0.6 is 0 Å². The second kappa shape index (κ2) is 4.47. The lowest BCUT2D eigenvalue weighted by molar-refractivity contribution is -0.137. The molecule has 108 valence electrons. The number of imidazole rings is 1. The number of aryl methyl sites for hydroxylation is 1. The van der Waals surface area contributed by atoms with Crippen LogP contribution < -0.4 is 5.73 Å². The van der Waals surface area contributed by atoms with Gasteiger partial charge in [-0.25, -0.2) is 9.97 Å². The molecule has 0 spiro atoms. The maximum absolute atomic E-state index is 13.2. The van der Waals surface area contributed by atoms with Gasteiger partial charge in [-0.1, -0.05) is 12.1 Å². The van der Waals surface area contributed by atoms with E-state index in [1.54, 1.807) is 19.1 Å². The zero-order chi connectivity index (χ0) is 15.2. The van der Waals surface area contributed by atoms with Crippen molar-refractivity contribution in [3.8, 4) is 5.69 Å². The van der Waals surface area contributed by atoms with Gasteiger partial charge in [-0.2, -0.15) is 13.2 Å². The van der Waals surface area contributed by atoms with Gasteiger partial charge in [-0.15, -0.1) is 0 Å². The fraction of sp³-hybridized carbons (Fsp3) is 0.143. The summed E-state index contributed by atoms with van der Waals surface area (Å²) in [7, 11) is 0. The maximum atomic E-state index is 13.2. The molecule has 0 saturated carbocycles. The van der Waals surface area contributed by atoms with Gasteiger partial charge in [0.1, 0.15) is 5.52 Å². The summed E-state index contributed by atoms with van der Waals surface area (Å²) in [6, 6.07) is 8.63. The number of aromatic nitrogens is 3. The van der Waals surface area contributed by atoms with Crippen molar-refractivity contribution < 1.29 is 13.2 Å². The summed E-state index contributed by atoms with van der Waals surface area (Å²) in [5, 5.41) is 0. The number of halogens is 3. The first-order chi connectivity index (χ1) is 9.88. The Morgan fingerprint density at radius 1 is 1.05 bits per heavy atom. The number of pyridine rings is 1. The van der Waals surface area contributed by atoms with E-state index in [1.807, 2.05) is 0 Å². The number of nitrogens with zero attached hydrogens (tertiary/aromatic N) is 3. The predicted octanol–water partition coefficient (Wildman–Crippen LogP) is 3.33. The first-order valence-electron chi connectivity index (χ1n) is 6.16. The van der Waals surface area contributed by atoms with E-state index in [-0.39, 0.29) is 11.6 Å². The van der Waals surface area contributed by atoms with Crippen molar-refractivity contribution in [3.05, 3.63) is 47.7 Å². The van der Waals surface area contributed by atoms with E-state index in [9.17, 15) is 13.2 Å². The van der Waals surface area contributed by atoms with Gasteiger partial charge in [0.15, 0.2) is 5.65 Å². The molecule has 2 heterocycles. The van der Waals surface area contributed by atoms with Crippen molar-refractivity contribution in [1.29, 1.82) is 0 Å². The summed E-state index contributed by atoms with van der Waals surface area (Å²) in [6.07, 6.45) is -4.48. The average Bonchev–Trinajstić information content (AvgIpc) is 2.73. The third-order valence-electron chi connectivity index (χ3n) is 3.12. The molecule has 0 aliphatic rings. The third-order valence-corrected chi connectivity index (χ3v) is 3.12. The molecule has 0 bridgehead atoms. The molecule has 4 nitrogen and oxygen atoms in total. The minimum Gasteiger partial charge on any atom is -0.369 e. The summed E-state index contributed by atoms with van der Waals surface area (Å²) < 4.78 is 40.7. The molecule has 0 amide bonds. The number of hydrogen-bond donors (Lipinski definition) is 1. The Bertz CT molecular complexity index is 821. The van der Waals surface area contributed by atoms with Gasteiger partial charge in [0.05, 0.1) is 11.3 Å². The van der Waals surface area contributed by atoms with Gasteiger partial charge in [0.25, 0.3) is 0 Å². The van der Waals surface area contributed by atoms with Crippen LogP contribution in [-0.4, -0.2) is 14.5 Å². The summed E-state index contributed by atoms with van der Waals surface area (Å²) in [6.45, 7) is 1.75. The minimum absolute atomic E-state index is 0.0280. The normalized spacial score (nSPS) is 12.0. The lowest BCUT2D eigenvalue weighted by atomic mass is 10.1. The van der Waals surface area contributed by atoms with Crippen LogP contribution in [0.25, 0.3) is 16.9 Å². The van der Waals surface area contributed by atoms with Crippen LogP contribution in [0.5, 0.6) is 0 Å². The quantitative estimate of drug-likeness (QED) is 0.748. The first-order valence-corrected chi connectivity index (χ1v) is 6.16. The molecule has 3 rings (SSSR count). The molecule has 0 radical (unpaired) electrons. The van der Waals surface area contributed by atoms with Gasteiger partial charge in [-0.05, 0) is 31.2 Å². The number of rotatable bonds is 1. The van der Waals surface area contributed by atoms with Gasteiger partial charge < -0.3 is 5.73 Å². The number of fused-ring (bicyclic) bond motifs is 1. The molecular formula is C14H11F3N4. The van der Waals surface area contributed by atoms with E-state index in [4.69, 9.17) is 5.73 Å². The van der Waals surface area contributed by atoms with E-state index in [1.165, 1.54) is 22.8 Å². The molecule has 0 aliphatic carbocycles. The maximum Gasteiger partial charge on any atom is 0.418 e. The van der Waals surface area contributed by atoms with Crippen LogP contribution in [0.4, 0.5) is 19.1 Å². The smallest absolute Gasteiger partial charge is 0.369 e. The predicted molar refractivity (Wildman–Crippen MR) is 73.0 cm³/mol. The van der Waals surface area contributed by atoms with Crippen molar-refractivity contribution in [2.75, 3.05) is 5.73 Å². The Morgan fingerprint density at radius 3 is 2.48 bits per heavy atom. The van der Waals surface area contributed by atoms with E-state index in [0.717, 1.165) is 6.07 Å². The van der Waals surface area contributed by atoms with Crippen LogP contribution in [0.15, 0.2) is 36.4 Å². The van der Waals surface area contributed by atoms with Gasteiger partial charge in [0.2, 0.25) is 5.95 Å². The second-order valence-corrected chi connectivity index (χ2v) is 4.62. The molecule has 0 fully saturated rings. The second-order valence-electron chi connectivity index (χ2n) is 4.62. The van der Waals surface area contributed by atoms with E-state index in [0.29, 0.717) is 16.9 Å². The molecule has 0 saturated heterocycles. The molecular weight excluding hydrogens is 281 g/mol. The van der Waals surface area contributed by atoms with Crippen LogP contribution in [0.3, 0.4) is 0 Å². The fourth-order valence-corrected chi connectivity index (χ4v) is 2.22. The number of nitrogen functional groups attached to an aromatic ring is 1. The molecule has 0 atom stereocenters. The van der Waals surface area contributed by atoms with E-state index < -0.39 is 11.7 Å². The molecule has 2 aromatic heterocycles. The Balaban J connectivity index is 2.36. The third kappa shape index (κ3) is 2.20. The highest BCUT2D eigenvalue weighted by Crippen LogP contribution is 2.35. The van der Waals surface area contributed by atoms with E-state index in [2.05, 4.69) is 9.97 Å². The zero-order valence-corrected chi connectivity index (χ0v) is 11.0. The van der Waals surface area contributed by atoms with Crippen LogP contribution in [0, 0.1) is 6.92 Å². The molecule has 0 aliphatic heterocycles. The van der Waals surface area contributed by atoms with Crippen molar-refractivity contribution in [1.82, 2.24) is 14.5 Å². The van der Waals surface area contributed by atoms with Crippen molar-refractivity contribution in [2.24, 2.45) is 0 Å². The first kappa shape index (κ1) is 13.4. The largest absolute Gasteiger partial charge is 0.418 e. The van der Waals surface area contributed by atoms with Gasteiger partial charge in [0, 0.05) is 5.69 Å². The molecule has 1 aromatic carbocycles. The van der Waals surface area contributed by atoms with Gasteiger partial charge >= 0.3 is 6.18 Å². The van der Waals surface area contributed by atoms with Crippen molar-refractivity contribution in [2.45, 2.75) is 13.1 Å². The van der Waals surface area contributed by atoms with Crippen molar-refractivity contribution in [3.63, 3.8) is 0 Å². The highest BCUT2D eigenvalue weighted by molar-refractivity contribution is 5.77. The summed E-state index contributed by atoms with van der Waals surface area (Å²) in [4.78, 5) is 8.31. The summed E-state index contributed by atoms with van der Waals surface area (Å²) >= 11 is 0. The Hall–Kier alpha value is -2.57. The summed E-state index contributed by atoms with van der Waals surface area (Å²) in [5.74, 6) is -0.0280. The number of nitrogens with two attached hydrogens (primary N) is 1. The highest BCUT2D eigenvalue weighted by Gasteiger charge is 2.34. The summed E-state index contributed by atoms with van der Waals surface area (Å²) in [5.41, 5.74) is 6.37. The molecule has 21 heavy (non-hydrogen) atoms. The average molecular weight is 292 g/mol. The lowest BCUT2D eigenvalue weighted by Crippen LogP contribution is -2.12. The Labute approximate surface area is 118 Å².